The summed E-state index contributed by atoms with van der Waals surface area (Å²) in [6, 6.07) is 0. The minimum atomic E-state index is 0.410. The molecule has 1 aliphatic heterocycles. The fourth-order valence-electron chi connectivity index (χ4n) is 2.87. The van der Waals surface area contributed by atoms with Crippen LogP contribution in [0.25, 0.3) is 0 Å². The summed E-state index contributed by atoms with van der Waals surface area (Å²) in [7, 11) is 1.88. The minimum Gasteiger partial charge on any atom is -0.312 e. The van der Waals surface area contributed by atoms with E-state index in [1.54, 1.807) is 4.68 Å². The topological polar surface area (TPSA) is 51.8 Å². The molecule has 114 valence electrons. The smallest absolute Gasteiger partial charge is 0.147 e. The summed E-state index contributed by atoms with van der Waals surface area (Å²) in [6.45, 7) is 9.85. The van der Waals surface area contributed by atoms with Crippen LogP contribution < -0.4 is 0 Å². The van der Waals surface area contributed by atoms with E-state index in [1.807, 2.05) is 14.0 Å². The summed E-state index contributed by atoms with van der Waals surface area (Å²) >= 11 is 6.32. The van der Waals surface area contributed by atoms with Crippen molar-refractivity contribution in [3.8, 4) is 0 Å². The second kappa shape index (κ2) is 5.42. The number of fused-ring (bicyclic) bond motifs is 1. The van der Waals surface area contributed by atoms with Gasteiger partial charge in [-0.2, -0.15) is 5.10 Å². The van der Waals surface area contributed by atoms with E-state index in [-0.39, 0.29) is 0 Å². The van der Waals surface area contributed by atoms with Crippen LogP contribution in [-0.4, -0.2) is 36.0 Å². The molecule has 0 saturated heterocycles. The highest BCUT2D eigenvalue weighted by Gasteiger charge is 2.24. The third-order valence-corrected chi connectivity index (χ3v) is 4.50. The Kier molecular flexibility index (Phi) is 3.75. The Hall–Kier alpha value is -1.40. The Bertz CT molecular complexity index is 657. The third kappa shape index (κ3) is 2.58. The Labute approximate surface area is 129 Å². The molecule has 0 spiro atoms. The van der Waals surface area contributed by atoms with Crippen molar-refractivity contribution >= 4 is 11.6 Å². The molecular weight excluding hydrogens is 288 g/mol. The van der Waals surface area contributed by atoms with Gasteiger partial charge >= 0.3 is 0 Å². The predicted molar refractivity (Wildman–Crippen MR) is 81.2 cm³/mol. The van der Waals surface area contributed by atoms with Gasteiger partial charge in [0.2, 0.25) is 0 Å². The second-order valence-electron chi connectivity index (χ2n) is 5.97. The van der Waals surface area contributed by atoms with Crippen molar-refractivity contribution in [3.63, 3.8) is 0 Å². The monoisotopic (exact) mass is 308 g/mol. The summed E-state index contributed by atoms with van der Waals surface area (Å²) in [5.41, 5.74) is 2.11. The Morgan fingerprint density at radius 1 is 1.24 bits per heavy atom. The molecule has 0 bridgehead atoms. The number of aromatic nitrogens is 5. The van der Waals surface area contributed by atoms with Gasteiger partial charge in [-0.05, 0) is 6.92 Å². The van der Waals surface area contributed by atoms with E-state index < -0.39 is 0 Å². The fraction of sp³-hybridized carbons (Fsp3) is 0.643. The molecule has 0 radical (unpaired) electrons. The Balaban J connectivity index is 1.78. The first kappa shape index (κ1) is 14.5. The molecule has 0 unspecified atom stereocenters. The molecule has 2 aromatic heterocycles. The third-order valence-electron chi connectivity index (χ3n) is 4.03. The summed E-state index contributed by atoms with van der Waals surface area (Å²) in [5, 5.41) is 13.8. The van der Waals surface area contributed by atoms with Gasteiger partial charge in [0.1, 0.15) is 16.8 Å². The lowest BCUT2D eigenvalue weighted by atomic mass is 10.2. The highest BCUT2D eigenvalue weighted by atomic mass is 35.5. The number of halogens is 1. The summed E-state index contributed by atoms with van der Waals surface area (Å²) in [5.74, 6) is 2.54. The molecular formula is C14H21ClN6. The zero-order valence-corrected chi connectivity index (χ0v) is 13.7. The Morgan fingerprint density at radius 2 is 2.00 bits per heavy atom. The maximum Gasteiger partial charge on any atom is 0.147 e. The average Bonchev–Trinajstić information content (AvgIpc) is 2.95. The molecule has 6 nitrogen and oxygen atoms in total. The maximum atomic E-state index is 6.32. The van der Waals surface area contributed by atoms with Crippen LogP contribution in [-0.2, 0) is 26.7 Å². The van der Waals surface area contributed by atoms with Crippen molar-refractivity contribution in [1.82, 2.24) is 29.4 Å². The zero-order chi connectivity index (χ0) is 15.1. The molecule has 3 heterocycles. The van der Waals surface area contributed by atoms with Crippen LogP contribution in [0, 0.1) is 6.92 Å². The van der Waals surface area contributed by atoms with Crippen molar-refractivity contribution < 1.29 is 0 Å². The largest absolute Gasteiger partial charge is 0.312 e. The molecule has 0 aromatic carbocycles. The normalized spacial score (nSPS) is 15.7. The molecule has 2 aromatic rings. The average molecular weight is 309 g/mol. The first-order chi connectivity index (χ1) is 9.97. The van der Waals surface area contributed by atoms with Gasteiger partial charge in [-0.1, -0.05) is 25.4 Å². The van der Waals surface area contributed by atoms with Crippen molar-refractivity contribution in [1.29, 1.82) is 0 Å². The standard InChI is InChI=1S/C14H21ClN6/c1-9(2)14-17-16-12-8-20(5-6-21(12)14)7-11-10(3)18-19(4)13(11)15/h9H,5-8H2,1-4H3. The number of rotatable bonds is 3. The molecule has 0 amide bonds. The SMILES string of the molecule is Cc1nn(C)c(Cl)c1CN1CCn2c(nnc2C(C)C)C1. The van der Waals surface area contributed by atoms with Crippen LogP contribution in [0.1, 0.15) is 42.7 Å². The van der Waals surface area contributed by atoms with Gasteiger partial charge in [-0.25, -0.2) is 0 Å². The van der Waals surface area contributed by atoms with Gasteiger partial charge < -0.3 is 4.57 Å². The molecule has 0 aliphatic carbocycles. The van der Waals surface area contributed by atoms with Gasteiger partial charge in [-0.3, -0.25) is 9.58 Å². The maximum absolute atomic E-state index is 6.32. The van der Waals surface area contributed by atoms with E-state index in [0.717, 1.165) is 54.2 Å². The van der Waals surface area contributed by atoms with Crippen LogP contribution in [0.4, 0.5) is 0 Å². The van der Waals surface area contributed by atoms with Crippen molar-refractivity contribution in [3.05, 3.63) is 28.1 Å². The number of hydrogen-bond donors (Lipinski definition) is 0. The molecule has 3 rings (SSSR count). The highest BCUT2D eigenvalue weighted by molar-refractivity contribution is 6.30. The van der Waals surface area contributed by atoms with Gasteiger partial charge in [0.15, 0.2) is 0 Å². The summed E-state index contributed by atoms with van der Waals surface area (Å²) in [6.07, 6.45) is 0. The quantitative estimate of drug-likeness (QED) is 0.871. The predicted octanol–water partition coefficient (Wildman–Crippen LogP) is 2.11. The van der Waals surface area contributed by atoms with Crippen LogP contribution in [0.5, 0.6) is 0 Å². The Morgan fingerprint density at radius 3 is 2.62 bits per heavy atom. The van der Waals surface area contributed by atoms with Crippen LogP contribution in [0.2, 0.25) is 5.15 Å². The van der Waals surface area contributed by atoms with E-state index in [2.05, 4.69) is 38.6 Å². The lowest BCUT2D eigenvalue weighted by Gasteiger charge is -2.28. The summed E-state index contributed by atoms with van der Waals surface area (Å²) < 4.78 is 3.98. The fourth-order valence-corrected chi connectivity index (χ4v) is 3.10. The highest BCUT2D eigenvalue weighted by Crippen LogP contribution is 2.24. The first-order valence-electron chi connectivity index (χ1n) is 7.29. The number of hydrogen-bond acceptors (Lipinski definition) is 4. The van der Waals surface area contributed by atoms with Gasteiger partial charge in [0.05, 0.1) is 12.2 Å². The lowest BCUT2D eigenvalue weighted by molar-refractivity contribution is 0.206. The molecule has 0 fully saturated rings. The number of aryl methyl sites for hydroxylation is 2. The number of nitrogens with zero attached hydrogens (tertiary/aromatic N) is 6. The van der Waals surface area contributed by atoms with E-state index in [9.17, 15) is 0 Å². The lowest BCUT2D eigenvalue weighted by Crippen LogP contribution is -2.34. The molecule has 0 atom stereocenters. The van der Waals surface area contributed by atoms with E-state index >= 15 is 0 Å². The van der Waals surface area contributed by atoms with E-state index in [1.165, 1.54) is 0 Å². The molecule has 0 N–H and O–H groups in total. The first-order valence-corrected chi connectivity index (χ1v) is 7.67. The molecule has 21 heavy (non-hydrogen) atoms. The van der Waals surface area contributed by atoms with Crippen LogP contribution >= 0.6 is 11.6 Å². The minimum absolute atomic E-state index is 0.410. The van der Waals surface area contributed by atoms with Crippen LogP contribution in [0.15, 0.2) is 0 Å². The van der Waals surface area contributed by atoms with Crippen molar-refractivity contribution in [2.45, 2.75) is 46.3 Å². The van der Waals surface area contributed by atoms with Crippen molar-refractivity contribution in [2.24, 2.45) is 7.05 Å². The van der Waals surface area contributed by atoms with Gasteiger partial charge in [0, 0.05) is 38.2 Å². The van der Waals surface area contributed by atoms with E-state index in [4.69, 9.17) is 11.6 Å². The second-order valence-corrected chi connectivity index (χ2v) is 6.33. The zero-order valence-electron chi connectivity index (χ0n) is 13.0. The summed E-state index contributed by atoms with van der Waals surface area (Å²) in [4.78, 5) is 2.35. The molecule has 7 heteroatoms. The van der Waals surface area contributed by atoms with Gasteiger partial charge in [0.25, 0.3) is 0 Å². The molecule has 1 aliphatic rings. The van der Waals surface area contributed by atoms with Crippen molar-refractivity contribution in [2.75, 3.05) is 6.54 Å². The van der Waals surface area contributed by atoms with Gasteiger partial charge in [-0.15, -0.1) is 10.2 Å². The molecule has 0 saturated carbocycles. The van der Waals surface area contributed by atoms with E-state index in [0.29, 0.717) is 5.92 Å². The van der Waals surface area contributed by atoms with Crippen LogP contribution in [0.3, 0.4) is 0 Å².